The van der Waals surface area contributed by atoms with Gasteiger partial charge in [0.25, 0.3) is 0 Å². The minimum Gasteiger partial charge on any atom is -0.497 e. The maximum absolute atomic E-state index is 12.6. The van der Waals surface area contributed by atoms with Gasteiger partial charge in [-0.15, -0.1) is 0 Å². The highest BCUT2D eigenvalue weighted by Gasteiger charge is 2.29. The molecule has 0 aliphatic heterocycles. The summed E-state index contributed by atoms with van der Waals surface area (Å²) in [5.74, 6) is 0.144. The Kier molecular flexibility index (Phi) is 7.71. The Morgan fingerprint density at radius 1 is 1.21 bits per heavy atom. The number of hydrogen-bond donors (Lipinski definition) is 1. The van der Waals surface area contributed by atoms with Gasteiger partial charge in [0.05, 0.1) is 19.1 Å². The van der Waals surface area contributed by atoms with Crippen LogP contribution in [0.5, 0.6) is 5.75 Å². The van der Waals surface area contributed by atoms with Crippen LogP contribution in [0.25, 0.3) is 0 Å². The molecule has 2 aromatic carbocycles. The van der Waals surface area contributed by atoms with Crippen LogP contribution in [0, 0.1) is 0 Å². The fourth-order valence-electron chi connectivity index (χ4n) is 2.90. The van der Waals surface area contributed by atoms with Gasteiger partial charge in [0, 0.05) is 17.6 Å². The van der Waals surface area contributed by atoms with Gasteiger partial charge in [0.1, 0.15) is 11.8 Å². The van der Waals surface area contributed by atoms with E-state index in [4.69, 9.17) is 16.3 Å². The second-order valence-corrected chi connectivity index (χ2v) is 8.69. The van der Waals surface area contributed by atoms with Gasteiger partial charge in [-0.05, 0) is 43.5 Å². The first kappa shape index (κ1) is 22.0. The molecule has 152 valence electrons. The molecule has 6 nitrogen and oxygen atoms in total. The fourth-order valence-corrected chi connectivity index (χ4v) is 4.29. The molecule has 0 fully saturated rings. The van der Waals surface area contributed by atoms with E-state index in [1.807, 2.05) is 24.3 Å². The van der Waals surface area contributed by atoms with Crippen LogP contribution in [0.2, 0.25) is 5.02 Å². The van der Waals surface area contributed by atoms with Crippen molar-refractivity contribution in [3.05, 3.63) is 59.1 Å². The van der Waals surface area contributed by atoms with E-state index in [2.05, 4.69) is 5.32 Å². The number of carbonyl (C=O) groups excluding carboxylic acids is 1. The van der Waals surface area contributed by atoms with Crippen LogP contribution in [-0.2, 0) is 21.2 Å². The van der Waals surface area contributed by atoms with Gasteiger partial charge in [0.2, 0.25) is 15.9 Å². The summed E-state index contributed by atoms with van der Waals surface area (Å²) in [6, 6.07) is 13.3. The lowest BCUT2D eigenvalue weighted by Crippen LogP contribution is -2.48. The van der Waals surface area contributed by atoms with Crippen molar-refractivity contribution < 1.29 is 17.9 Å². The fraction of sp³-hybridized carbons (Fsp3) is 0.350. The van der Waals surface area contributed by atoms with Crippen LogP contribution in [0.1, 0.15) is 18.9 Å². The molecule has 0 saturated carbocycles. The number of sulfonamides is 1. The van der Waals surface area contributed by atoms with Crippen LogP contribution >= 0.6 is 11.6 Å². The number of anilines is 1. The SMILES string of the molecule is COc1cccc(N([C@H](C)C(=O)NCCCc2ccccc2Cl)S(C)(=O)=O)c1. The first-order chi connectivity index (χ1) is 13.2. The zero-order chi connectivity index (χ0) is 20.7. The van der Waals surface area contributed by atoms with E-state index >= 15 is 0 Å². The second-order valence-electron chi connectivity index (χ2n) is 6.42. The Bertz CT molecular complexity index is 918. The molecular weight excluding hydrogens is 400 g/mol. The molecule has 0 aliphatic rings. The molecule has 2 aromatic rings. The molecule has 1 amide bonds. The normalized spacial score (nSPS) is 12.3. The van der Waals surface area contributed by atoms with Crippen molar-refractivity contribution in [1.82, 2.24) is 5.32 Å². The van der Waals surface area contributed by atoms with Crippen LogP contribution in [-0.4, -0.2) is 40.3 Å². The lowest BCUT2D eigenvalue weighted by molar-refractivity contribution is -0.121. The first-order valence-corrected chi connectivity index (χ1v) is 11.1. The van der Waals surface area contributed by atoms with Crippen molar-refractivity contribution >= 4 is 33.2 Å². The molecule has 28 heavy (non-hydrogen) atoms. The van der Waals surface area contributed by atoms with E-state index < -0.39 is 16.1 Å². The first-order valence-electron chi connectivity index (χ1n) is 8.88. The average Bonchev–Trinajstić information content (AvgIpc) is 2.65. The largest absolute Gasteiger partial charge is 0.497 e. The highest BCUT2D eigenvalue weighted by Crippen LogP contribution is 2.25. The topological polar surface area (TPSA) is 75.7 Å². The molecule has 0 unspecified atom stereocenters. The number of amides is 1. The molecule has 0 aliphatic carbocycles. The summed E-state index contributed by atoms with van der Waals surface area (Å²) in [4.78, 5) is 12.6. The highest BCUT2D eigenvalue weighted by molar-refractivity contribution is 7.92. The summed E-state index contributed by atoms with van der Waals surface area (Å²) in [5, 5.41) is 3.50. The number of benzene rings is 2. The quantitative estimate of drug-likeness (QED) is 0.627. The van der Waals surface area contributed by atoms with Crippen LogP contribution in [0.15, 0.2) is 48.5 Å². The standard InChI is InChI=1S/C20H25ClN2O4S/c1-15(20(24)22-13-7-9-16-8-4-5-12-19(16)21)23(28(3,25)26)17-10-6-11-18(14-17)27-2/h4-6,8,10-12,14-15H,7,9,13H2,1-3H3,(H,22,24)/t15-/m1/s1. The molecule has 0 saturated heterocycles. The molecule has 0 bridgehead atoms. The van der Waals surface area contributed by atoms with Gasteiger partial charge in [-0.3, -0.25) is 9.10 Å². The molecule has 8 heteroatoms. The van der Waals surface area contributed by atoms with Gasteiger partial charge in [-0.2, -0.15) is 0 Å². The predicted octanol–water partition coefficient (Wildman–Crippen LogP) is 3.25. The Balaban J connectivity index is 2.02. The van der Waals surface area contributed by atoms with Gasteiger partial charge in [0.15, 0.2) is 0 Å². The van der Waals surface area contributed by atoms with Crippen LogP contribution < -0.4 is 14.4 Å². The minimum absolute atomic E-state index is 0.368. The van der Waals surface area contributed by atoms with Gasteiger partial charge in [-0.25, -0.2) is 8.42 Å². The molecule has 0 heterocycles. The van der Waals surface area contributed by atoms with Gasteiger partial charge >= 0.3 is 0 Å². The summed E-state index contributed by atoms with van der Waals surface area (Å²) in [6.45, 7) is 1.98. The van der Waals surface area contributed by atoms with E-state index in [1.165, 1.54) is 7.11 Å². The van der Waals surface area contributed by atoms with Crippen LogP contribution in [0.4, 0.5) is 5.69 Å². The van der Waals surface area contributed by atoms with E-state index in [0.717, 1.165) is 22.5 Å². The van der Waals surface area contributed by atoms with E-state index in [0.29, 0.717) is 29.4 Å². The number of methoxy groups -OCH3 is 1. The lowest BCUT2D eigenvalue weighted by atomic mass is 10.1. The van der Waals surface area contributed by atoms with Gasteiger partial charge < -0.3 is 10.1 Å². The molecule has 1 N–H and O–H groups in total. The predicted molar refractivity (Wildman–Crippen MR) is 113 cm³/mol. The molecule has 0 aromatic heterocycles. The number of ether oxygens (including phenoxy) is 1. The van der Waals surface area contributed by atoms with Crippen molar-refractivity contribution in [3.8, 4) is 5.75 Å². The third-order valence-corrected chi connectivity index (χ3v) is 5.89. The lowest BCUT2D eigenvalue weighted by Gasteiger charge is -2.28. The summed E-state index contributed by atoms with van der Waals surface area (Å²) in [5.41, 5.74) is 1.39. The summed E-state index contributed by atoms with van der Waals surface area (Å²) < 4.78 is 30.9. The van der Waals surface area contributed by atoms with E-state index in [1.54, 1.807) is 31.2 Å². The number of nitrogens with one attached hydrogen (secondary N) is 1. The third kappa shape index (κ3) is 5.87. The molecule has 2 rings (SSSR count). The van der Waals surface area contributed by atoms with Gasteiger partial charge in [-0.1, -0.05) is 35.9 Å². The number of halogens is 1. The van der Waals surface area contributed by atoms with Crippen molar-refractivity contribution in [1.29, 1.82) is 0 Å². The Labute approximate surface area is 171 Å². The monoisotopic (exact) mass is 424 g/mol. The Hall–Kier alpha value is -2.25. The van der Waals surface area contributed by atoms with Crippen molar-refractivity contribution in [2.24, 2.45) is 0 Å². The summed E-state index contributed by atoms with van der Waals surface area (Å²) in [7, 11) is -2.17. The highest BCUT2D eigenvalue weighted by atomic mass is 35.5. The Morgan fingerprint density at radius 3 is 2.57 bits per heavy atom. The second kappa shape index (κ2) is 9.80. The smallest absolute Gasteiger partial charge is 0.243 e. The maximum atomic E-state index is 12.6. The zero-order valence-electron chi connectivity index (χ0n) is 16.2. The molecule has 0 radical (unpaired) electrons. The maximum Gasteiger partial charge on any atom is 0.243 e. The number of hydrogen-bond acceptors (Lipinski definition) is 4. The minimum atomic E-state index is -3.67. The molecule has 1 atom stereocenters. The number of carbonyl (C=O) groups is 1. The zero-order valence-corrected chi connectivity index (χ0v) is 17.8. The van der Waals surface area contributed by atoms with E-state index in [-0.39, 0.29) is 5.91 Å². The van der Waals surface area contributed by atoms with E-state index in [9.17, 15) is 13.2 Å². The van der Waals surface area contributed by atoms with Crippen molar-refractivity contribution in [2.45, 2.75) is 25.8 Å². The molecular formula is C20H25ClN2O4S. The van der Waals surface area contributed by atoms with Crippen molar-refractivity contribution in [2.75, 3.05) is 24.2 Å². The van der Waals surface area contributed by atoms with Crippen LogP contribution in [0.3, 0.4) is 0 Å². The van der Waals surface area contributed by atoms with Crippen molar-refractivity contribution in [3.63, 3.8) is 0 Å². The number of nitrogens with zero attached hydrogens (tertiary/aromatic N) is 1. The Morgan fingerprint density at radius 2 is 1.93 bits per heavy atom. The number of rotatable bonds is 9. The third-order valence-electron chi connectivity index (χ3n) is 4.28. The summed E-state index contributed by atoms with van der Waals surface area (Å²) in [6.07, 6.45) is 2.49. The number of aryl methyl sites for hydroxylation is 1. The molecule has 0 spiro atoms. The summed E-state index contributed by atoms with van der Waals surface area (Å²) >= 11 is 6.13. The average molecular weight is 425 g/mol.